The molecule has 2 aromatic rings. The molecule has 3 rings (SSSR count). The predicted octanol–water partition coefficient (Wildman–Crippen LogP) is 2.52. The van der Waals surface area contributed by atoms with E-state index < -0.39 is 30.0 Å². The van der Waals surface area contributed by atoms with Gasteiger partial charge in [0.2, 0.25) is 0 Å². The third-order valence-corrected chi connectivity index (χ3v) is 6.96. The Morgan fingerprint density at radius 2 is 1.61 bits per heavy atom. The van der Waals surface area contributed by atoms with Gasteiger partial charge in [0, 0.05) is 30.6 Å². The first-order valence-electron chi connectivity index (χ1n) is 11.5. The van der Waals surface area contributed by atoms with Gasteiger partial charge in [-0.3, -0.25) is 4.90 Å². The number of halogens is 1. The van der Waals surface area contributed by atoms with Gasteiger partial charge in [-0.2, -0.15) is 0 Å². The van der Waals surface area contributed by atoms with Crippen molar-refractivity contribution < 1.29 is 29.6 Å². The fourth-order valence-electron chi connectivity index (χ4n) is 3.93. The van der Waals surface area contributed by atoms with E-state index in [1.165, 1.54) is 23.5 Å². The first-order valence-corrected chi connectivity index (χ1v) is 12.4. The van der Waals surface area contributed by atoms with Crippen molar-refractivity contribution in [2.24, 2.45) is 0 Å². The van der Waals surface area contributed by atoms with Crippen LogP contribution in [0.1, 0.15) is 45.2 Å². The van der Waals surface area contributed by atoms with E-state index in [0.717, 1.165) is 41.9 Å². The molecule has 4 N–H and O–H groups in total. The summed E-state index contributed by atoms with van der Waals surface area (Å²) in [5.41, 5.74) is 1.22. The van der Waals surface area contributed by atoms with Gasteiger partial charge in [0.15, 0.2) is 0 Å². The van der Waals surface area contributed by atoms with Gasteiger partial charge in [-0.1, -0.05) is 12.8 Å². The number of aliphatic hydroxyl groups is 4. The number of benzene rings is 1. The van der Waals surface area contributed by atoms with Gasteiger partial charge in [-0.05, 0) is 57.5 Å². The zero-order chi connectivity index (χ0) is 24.0. The third kappa shape index (κ3) is 7.26. The normalized spacial score (nSPS) is 24.7. The smallest absolute Gasteiger partial charge is 0.123 e. The highest BCUT2D eigenvalue weighted by molar-refractivity contribution is 7.13. The summed E-state index contributed by atoms with van der Waals surface area (Å²) in [4.78, 5) is 6.57. The van der Waals surface area contributed by atoms with Crippen LogP contribution in [0.3, 0.4) is 0 Å². The molecule has 33 heavy (non-hydrogen) atoms. The molecular weight excluding hydrogens is 447 g/mol. The molecule has 1 aromatic heterocycles. The molecule has 4 atom stereocenters. The first-order chi connectivity index (χ1) is 15.7. The van der Waals surface area contributed by atoms with Crippen molar-refractivity contribution in [1.82, 2.24) is 9.88 Å². The number of hydrogen-bond donors (Lipinski definition) is 4. The minimum absolute atomic E-state index is 0.236. The van der Waals surface area contributed by atoms with Crippen LogP contribution in [0.4, 0.5) is 4.39 Å². The van der Waals surface area contributed by atoms with Crippen molar-refractivity contribution in [3.05, 3.63) is 41.2 Å². The summed E-state index contributed by atoms with van der Waals surface area (Å²) in [5, 5.41) is 42.3. The van der Waals surface area contributed by atoms with Gasteiger partial charge < -0.3 is 25.2 Å². The molecule has 0 bridgehead atoms. The Kier molecular flexibility index (Phi) is 9.34. The Labute approximate surface area is 198 Å². The van der Waals surface area contributed by atoms with Crippen LogP contribution < -0.4 is 0 Å². The molecule has 0 amide bonds. The monoisotopic (exact) mass is 482 g/mol. The summed E-state index contributed by atoms with van der Waals surface area (Å²) in [5.74, 6) is -0.265. The molecule has 0 saturated carbocycles. The number of hydrogen-bond acceptors (Lipinski definition) is 8. The van der Waals surface area contributed by atoms with Crippen LogP contribution in [0.15, 0.2) is 29.6 Å². The molecule has 1 saturated heterocycles. The summed E-state index contributed by atoms with van der Waals surface area (Å²) in [6.45, 7) is 5.76. The van der Waals surface area contributed by atoms with E-state index in [-0.39, 0.29) is 18.9 Å². The van der Waals surface area contributed by atoms with Gasteiger partial charge >= 0.3 is 0 Å². The minimum Gasteiger partial charge on any atom is -0.389 e. The maximum atomic E-state index is 13.1. The molecule has 1 fully saturated rings. The van der Waals surface area contributed by atoms with Crippen molar-refractivity contribution >= 4 is 11.3 Å². The zero-order valence-electron chi connectivity index (χ0n) is 19.2. The highest BCUT2D eigenvalue weighted by Crippen LogP contribution is 2.31. The van der Waals surface area contributed by atoms with Crippen LogP contribution in [-0.2, 0) is 10.3 Å². The quantitative estimate of drug-likeness (QED) is 0.386. The second-order valence-electron chi connectivity index (χ2n) is 9.19. The fourth-order valence-corrected chi connectivity index (χ4v) is 4.91. The first kappa shape index (κ1) is 26.2. The number of β-amino-alcohol motifs (C(OH)–C–C–N with tert-alkyl or cyclic N) is 2. The summed E-state index contributed by atoms with van der Waals surface area (Å²) >= 11 is 1.52. The van der Waals surface area contributed by atoms with Crippen LogP contribution in [0.25, 0.3) is 10.6 Å². The van der Waals surface area contributed by atoms with E-state index >= 15 is 0 Å². The van der Waals surface area contributed by atoms with Crippen molar-refractivity contribution in [3.63, 3.8) is 0 Å². The number of ether oxygens (including phenoxy) is 1. The van der Waals surface area contributed by atoms with Crippen molar-refractivity contribution in [3.8, 4) is 10.6 Å². The van der Waals surface area contributed by atoms with Crippen molar-refractivity contribution in [1.29, 1.82) is 0 Å². The highest BCUT2D eigenvalue weighted by Gasteiger charge is 2.35. The topological polar surface area (TPSA) is 106 Å². The summed E-state index contributed by atoms with van der Waals surface area (Å²) in [6, 6.07) is 6.32. The Morgan fingerprint density at radius 1 is 1.00 bits per heavy atom. The number of nitrogens with zero attached hydrogens (tertiary/aromatic N) is 2. The Bertz CT molecular complexity index is 847. The second kappa shape index (κ2) is 11.8. The van der Waals surface area contributed by atoms with Gasteiger partial charge in [0.05, 0.1) is 17.9 Å². The molecule has 0 radical (unpaired) electrons. The van der Waals surface area contributed by atoms with E-state index in [4.69, 9.17) is 4.74 Å². The van der Waals surface area contributed by atoms with Crippen molar-refractivity contribution in [2.45, 2.75) is 69.5 Å². The van der Waals surface area contributed by atoms with Crippen LogP contribution >= 0.6 is 11.3 Å². The van der Waals surface area contributed by atoms with E-state index in [1.807, 2.05) is 24.1 Å². The molecule has 1 aromatic carbocycles. The SMILES string of the molecule is CC(C)(OCCCCCCN1C[C@H](O)[C@@H](O)[C@H](O)[C@@H](O)C1)c1csc(-c2ccc(F)cc2)n1. The average molecular weight is 483 g/mol. The number of aliphatic hydroxyl groups excluding tert-OH is 4. The zero-order valence-corrected chi connectivity index (χ0v) is 20.0. The number of unbranched alkanes of at least 4 members (excludes halogenated alkanes) is 3. The van der Waals surface area contributed by atoms with Crippen molar-refractivity contribution in [2.75, 3.05) is 26.2 Å². The molecule has 2 heterocycles. The van der Waals surface area contributed by atoms with Crippen LogP contribution in [0.2, 0.25) is 0 Å². The molecule has 1 aliphatic rings. The maximum absolute atomic E-state index is 13.1. The minimum atomic E-state index is -1.32. The summed E-state index contributed by atoms with van der Waals surface area (Å²) < 4.78 is 19.2. The standard InChI is InChI=1S/C24H35FN2O5S/c1-24(2,20-15-33-23(26-20)16-7-9-17(25)10-8-16)32-12-6-4-3-5-11-27-13-18(28)21(30)22(31)19(29)14-27/h7-10,15,18-19,21-22,28-31H,3-6,11-14H2,1-2H3/t18-,19-,21+,22+/m0/s1. The molecular formula is C24H35FN2O5S. The Hall–Kier alpha value is -1.46. The largest absolute Gasteiger partial charge is 0.389 e. The Balaban J connectivity index is 1.36. The van der Waals surface area contributed by atoms with E-state index in [9.17, 15) is 24.8 Å². The third-order valence-electron chi connectivity index (χ3n) is 6.07. The molecule has 184 valence electrons. The second-order valence-corrected chi connectivity index (χ2v) is 10.1. The lowest BCUT2D eigenvalue weighted by molar-refractivity contribution is -0.0894. The van der Waals surface area contributed by atoms with Gasteiger partial charge in [0.25, 0.3) is 0 Å². The lowest BCUT2D eigenvalue weighted by atomic mass is 10.1. The number of rotatable bonds is 10. The van der Waals surface area contributed by atoms with E-state index in [2.05, 4.69) is 4.98 Å². The van der Waals surface area contributed by atoms with Crippen LogP contribution in [0.5, 0.6) is 0 Å². The van der Waals surface area contributed by atoms with E-state index in [1.54, 1.807) is 12.1 Å². The summed E-state index contributed by atoms with van der Waals surface area (Å²) in [6.07, 6.45) is -1.03. The van der Waals surface area contributed by atoms with Gasteiger partial charge in [-0.25, -0.2) is 9.37 Å². The molecule has 0 unspecified atom stereocenters. The summed E-state index contributed by atoms with van der Waals surface area (Å²) in [7, 11) is 0. The number of likely N-dealkylation sites (tertiary alicyclic amines) is 1. The predicted molar refractivity (Wildman–Crippen MR) is 125 cm³/mol. The molecule has 7 nitrogen and oxygen atoms in total. The molecule has 9 heteroatoms. The molecule has 0 spiro atoms. The maximum Gasteiger partial charge on any atom is 0.123 e. The van der Waals surface area contributed by atoms with Gasteiger partial charge in [0.1, 0.15) is 28.6 Å². The van der Waals surface area contributed by atoms with Crippen LogP contribution in [0, 0.1) is 5.82 Å². The molecule has 0 aliphatic carbocycles. The highest BCUT2D eigenvalue weighted by atomic mass is 32.1. The van der Waals surface area contributed by atoms with Crippen LogP contribution in [-0.4, -0.2) is 81.0 Å². The fraction of sp³-hybridized carbons (Fsp3) is 0.625. The Morgan fingerprint density at radius 3 is 2.24 bits per heavy atom. The molecule has 1 aliphatic heterocycles. The number of thiazole rings is 1. The lowest BCUT2D eigenvalue weighted by Crippen LogP contribution is -2.43. The van der Waals surface area contributed by atoms with Gasteiger partial charge in [-0.15, -0.1) is 11.3 Å². The average Bonchev–Trinajstić information content (AvgIpc) is 3.26. The lowest BCUT2D eigenvalue weighted by Gasteiger charge is -2.24. The number of aromatic nitrogens is 1. The van der Waals surface area contributed by atoms with E-state index in [0.29, 0.717) is 13.2 Å².